The molecule has 1 aromatic heterocycles. The fourth-order valence-corrected chi connectivity index (χ4v) is 6.39. The molecule has 3 aromatic carbocycles. The molecule has 0 bridgehead atoms. The molecule has 6 rings (SSSR count). The third-order valence-corrected chi connectivity index (χ3v) is 8.38. The third kappa shape index (κ3) is 6.23. The van der Waals surface area contributed by atoms with E-state index in [1.54, 1.807) is 37.7 Å². The highest BCUT2D eigenvalue weighted by Gasteiger charge is 2.33. The van der Waals surface area contributed by atoms with Gasteiger partial charge < -0.3 is 28.4 Å². The Balaban J connectivity index is 1.34. The first-order valence-electron chi connectivity index (χ1n) is 14.9. The average Bonchev–Trinajstić information content (AvgIpc) is 3.63. The number of fused-ring (bicyclic) bond motifs is 2. The lowest BCUT2D eigenvalue weighted by Crippen LogP contribution is -2.39. The molecule has 238 valence electrons. The zero-order valence-electron chi connectivity index (χ0n) is 26.2. The fourth-order valence-electron chi connectivity index (χ4n) is 5.34. The molecule has 4 aromatic rings. The summed E-state index contributed by atoms with van der Waals surface area (Å²) >= 11 is 1.26. The van der Waals surface area contributed by atoms with Gasteiger partial charge in [-0.2, -0.15) is 0 Å². The summed E-state index contributed by atoms with van der Waals surface area (Å²) in [6.07, 6.45) is 1.80. The van der Waals surface area contributed by atoms with E-state index >= 15 is 0 Å². The smallest absolute Gasteiger partial charge is 0.338 e. The third-order valence-electron chi connectivity index (χ3n) is 7.40. The number of carbonyl (C=O) groups excluding carboxylic acids is 1. The summed E-state index contributed by atoms with van der Waals surface area (Å²) in [6, 6.07) is 17.8. The van der Waals surface area contributed by atoms with E-state index in [9.17, 15) is 9.59 Å². The second-order valence-corrected chi connectivity index (χ2v) is 11.9. The van der Waals surface area contributed by atoms with Crippen LogP contribution in [0.3, 0.4) is 0 Å². The number of thiazole rings is 1. The molecule has 0 fully saturated rings. The van der Waals surface area contributed by atoms with Crippen LogP contribution in [0.1, 0.15) is 50.4 Å². The molecule has 0 N–H and O–H groups in total. The molecule has 2 aliphatic rings. The Morgan fingerprint density at radius 1 is 1.07 bits per heavy atom. The number of rotatable bonds is 10. The van der Waals surface area contributed by atoms with Crippen molar-refractivity contribution in [2.75, 3.05) is 20.5 Å². The highest BCUT2D eigenvalue weighted by atomic mass is 32.1. The standard InChI is InChI=1S/C35H34N2O8S/c1-6-41-34(39)31-21(4)36-35-37(32(31)24-9-11-25(12-10-24)45-20(2)3)33(38)30(46-35)17-22-7-13-26(28(15-22)40-5)42-18-23-8-14-27-29(16-23)44-19-43-27/h7-17,20,32H,6,18-19H2,1-5H3/b30-17-/t32-/m1/s1. The lowest BCUT2D eigenvalue weighted by Gasteiger charge is -2.25. The zero-order valence-corrected chi connectivity index (χ0v) is 27.0. The maximum Gasteiger partial charge on any atom is 0.338 e. The minimum absolute atomic E-state index is 0.00933. The number of allylic oxidation sites excluding steroid dienone is 1. The molecule has 0 saturated heterocycles. The first-order chi connectivity index (χ1) is 22.2. The number of hydrogen-bond donors (Lipinski definition) is 0. The number of esters is 1. The SMILES string of the molecule is CCOC(=O)C1=C(C)N=c2s/c(=C\c3ccc(OCc4ccc5c(c4)OCO5)c(OC)c3)c(=O)n2[C@@H]1c1ccc(OC(C)C)cc1. The summed E-state index contributed by atoms with van der Waals surface area (Å²) < 4.78 is 35.8. The average molecular weight is 643 g/mol. The summed E-state index contributed by atoms with van der Waals surface area (Å²) in [5.74, 6) is 2.66. The fraction of sp³-hybridized carbons (Fsp3) is 0.286. The van der Waals surface area contributed by atoms with Gasteiger partial charge in [0.05, 0.1) is 41.7 Å². The first kappa shape index (κ1) is 31.0. The van der Waals surface area contributed by atoms with Crippen LogP contribution in [-0.2, 0) is 16.1 Å². The molecular formula is C35H34N2O8S. The van der Waals surface area contributed by atoms with E-state index in [4.69, 9.17) is 28.4 Å². The van der Waals surface area contributed by atoms with Crippen molar-refractivity contribution in [1.82, 2.24) is 4.57 Å². The Morgan fingerprint density at radius 2 is 1.85 bits per heavy atom. The van der Waals surface area contributed by atoms with E-state index in [-0.39, 0.29) is 25.1 Å². The van der Waals surface area contributed by atoms with Crippen LogP contribution in [0.25, 0.3) is 6.08 Å². The first-order valence-corrected chi connectivity index (χ1v) is 15.7. The van der Waals surface area contributed by atoms with Crippen molar-refractivity contribution in [3.63, 3.8) is 0 Å². The number of carbonyl (C=O) groups is 1. The molecule has 11 heteroatoms. The van der Waals surface area contributed by atoms with Crippen molar-refractivity contribution >= 4 is 23.4 Å². The van der Waals surface area contributed by atoms with Crippen molar-refractivity contribution in [3.05, 3.63) is 108 Å². The lowest BCUT2D eigenvalue weighted by molar-refractivity contribution is -0.139. The Bertz CT molecular complexity index is 1990. The lowest BCUT2D eigenvalue weighted by atomic mass is 9.96. The molecular weight excluding hydrogens is 608 g/mol. The van der Waals surface area contributed by atoms with Gasteiger partial charge in [0.1, 0.15) is 12.4 Å². The van der Waals surface area contributed by atoms with Crippen LogP contribution in [-0.4, -0.2) is 37.1 Å². The Hall–Kier alpha value is -5.03. The zero-order chi connectivity index (χ0) is 32.4. The van der Waals surface area contributed by atoms with Gasteiger partial charge in [0.15, 0.2) is 27.8 Å². The second kappa shape index (κ2) is 13.1. The second-order valence-electron chi connectivity index (χ2n) is 10.9. The minimum Gasteiger partial charge on any atom is -0.493 e. The summed E-state index contributed by atoms with van der Waals surface area (Å²) in [7, 11) is 1.57. The van der Waals surface area contributed by atoms with E-state index in [0.717, 1.165) is 16.7 Å². The van der Waals surface area contributed by atoms with Crippen molar-refractivity contribution in [3.8, 4) is 28.7 Å². The molecule has 0 amide bonds. The molecule has 3 heterocycles. The number of hydrogen-bond acceptors (Lipinski definition) is 10. The predicted molar refractivity (Wildman–Crippen MR) is 172 cm³/mol. The van der Waals surface area contributed by atoms with Gasteiger partial charge in [-0.05, 0) is 86.9 Å². The highest BCUT2D eigenvalue weighted by Crippen LogP contribution is 2.35. The van der Waals surface area contributed by atoms with E-state index in [2.05, 4.69) is 4.99 Å². The Labute approximate surface area is 269 Å². The van der Waals surface area contributed by atoms with Gasteiger partial charge in [-0.3, -0.25) is 9.36 Å². The van der Waals surface area contributed by atoms with Gasteiger partial charge in [0.2, 0.25) is 6.79 Å². The minimum atomic E-state index is -0.716. The van der Waals surface area contributed by atoms with Gasteiger partial charge in [-0.1, -0.05) is 35.6 Å². The van der Waals surface area contributed by atoms with Crippen LogP contribution in [0.4, 0.5) is 0 Å². The molecule has 0 aliphatic carbocycles. The van der Waals surface area contributed by atoms with E-state index in [0.29, 0.717) is 56.0 Å². The number of benzene rings is 3. The Kier molecular flexibility index (Phi) is 8.85. The van der Waals surface area contributed by atoms with Gasteiger partial charge in [0.25, 0.3) is 5.56 Å². The molecule has 2 aliphatic heterocycles. The summed E-state index contributed by atoms with van der Waals surface area (Å²) in [6.45, 7) is 8.13. The van der Waals surface area contributed by atoms with Gasteiger partial charge in [-0.15, -0.1) is 0 Å². The highest BCUT2D eigenvalue weighted by molar-refractivity contribution is 7.07. The number of nitrogens with zero attached hydrogens (tertiary/aromatic N) is 2. The maximum atomic E-state index is 14.0. The van der Waals surface area contributed by atoms with Crippen LogP contribution in [0, 0.1) is 0 Å². The van der Waals surface area contributed by atoms with Gasteiger partial charge in [0, 0.05) is 0 Å². The van der Waals surface area contributed by atoms with Crippen LogP contribution in [0.5, 0.6) is 28.7 Å². The van der Waals surface area contributed by atoms with Crippen molar-refractivity contribution in [2.45, 2.75) is 46.4 Å². The molecule has 10 nitrogen and oxygen atoms in total. The summed E-state index contributed by atoms with van der Waals surface area (Å²) in [5, 5.41) is 0. The largest absolute Gasteiger partial charge is 0.493 e. The molecule has 46 heavy (non-hydrogen) atoms. The Morgan fingerprint density at radius 3 is 2.59 bits per heavy atom. The van der Waals surface area contributed by atoms with Crippen LogP contribution < -0.4 is 38.6 Å². The molecule has 0 saturated carbocycles. The normalized spacial score (nSPS) is 15.4. The van der Waals surface area contributed by atoms with Crippen molar-refractivity contribution < 1.29 is 33.2 Å². The molecule has 0 unspecified atom stereocenters. The van der Waals surface area contributed by atoms with Crippen LogP contribution >= 0.6 is 11.3 Å². The number of methoxy groups -OCH3 is 1. The molecule has 0 radical (unpaired) electrons. The van der Waals surface area contributed by atoms with Gasteiger partial charge >= 0.3 is 5.97 Å². The number of aromatic nitrogens is 1. The molecule has 0 spiro atoms. The maximum absolute atomic E-state index is 14.0. The summed E-state index contributed by atoms with van der Waals surface area (Å²) in [4.78, 5) is 32.4. The number of ether oxygens (including phenoxy) is 6. The van der Waals surface area contributed by atoms with E-state index in [1.807, 2.05) is 68.4 Å². The van der Waals surface area contributed by atoms with E-state index < -0.39 is 12.0 Å². The monoisotopic (exact) mass is 642 g/mol. The topological polar surface area (TPSA) is 107 Å². The quantitative estimate of drug-likeness (QED) is 0.225. The summed E-state index contributed by atoms with van der Waals surface area (Å²) in [5.41, 5.74) is 2.96. The van der Waals surface area contributed by atoms with Crippen LogP contribution in [0.15, 0.2) is 81.7 Å². The predicted octanol–water partition coefficient (Wildman–Crippen LogP) is 4.90. The van der Waals surface area contributed by atoms with Crippen molar-refractivity contribution in [1.29, 1.82) is 0 Å². The van der Waals surface area contributed by atoms with Gasteiger partial charge in [-0.25, -0.2) is 9.79 Å². The van der Waals surface area contributed by atoms with E-state index in [1.165, 1.54) is 11.3 Å². The van der Waals surface area contributed by atoms with Crippen molar-refractivity contribution in [2.24, 2.45) is 4.99 Å². The van der Waals surface area contributed by atoms with Crippen LogP contribution in [0.2, 0.25) is 0 Å². The molecule has 1 atom stereocenters.